The molecule has 0 amide bonds. The van der Waals surface area contributed by atoms with Crippen LogP contribution in [-0.4, -0.2) is 12.2 Å². The molecule has 2 rings (SSSR count). The molecule has 0 radical (unpaired) electrons. The lowest BCUT2D eigenvalue weighted by atomic mass is 10.1. The summed E-state index contributed by atoms with van der Waals surface area (Å²) in [5.41, 5.74) is 2.94. The first-order valence-electron chi connectivity index (χ1n) is 6.40. The second-order valence-electron chi connectivity index (χ2n) is 4.86. The number of nitrogens with zero attached hydrogens (tertiary/aromatic N) is 1. The Labute approximate surface area is 127 Å². The molecule has 0 aliphatic rings. The SMILES string of the molecule is C[C@@H](O)c1ccc(N(C)Cc2ccc(F)cc2)cc1Br. The topological polar surface area (TPSA) is 23.5 Å². The van der Waals surface area contributed by atoms with Crippen LogP contribution >= 0.6 is 15.9 Å². The summed E-state index contributed by atoms with van der Waals surface area (Å²) < 4.78 is 13.8. The van der Waals surface area contributed by atoms with Crippen molar-refractivity contribution in [2.75, 3.05) is 11.9 Å². The molecule has 106 valence electrons. The Hall–Kier alpha value is -1.39. The van der Waals surface area contributed by atoms with Gasteiger partial charge in [-0.1, -0.05) is 34.1 Å². The summed E-state index contributed by atoms with van der Waals surface area (Å²) in [7, 11) is 1.98. The van der Waals surface area contributed by atoms with Crippen molar-refractivity contribution >= 4 is 21.6 Å². The lowest BCUT2D eigenvalue weighted by molar-refractivity contribution is 0.198. The molecular formula is C16H17BrFNO. The van der Waals surface area contributed by atoms with Crippen molar-refractivity contribution in [1.29, 1.82) is 0 Å². The number of anilines is 1. The Morgan fingerprint density at radius 1 is 1.20 bits per heavy atom. The van der Waals surface area contributed by atoms with Crippen LogP contribution in [0.3, 0.4) is 0 Å². The fourth-order valence-electron chi connectivity index (χ4n) is 2.05. The number of hydrogen-bond donors (Lipinski definition) is 1. The molecule has 20 heavy (non-hydrogen) atoms. The summed E-state index contributed by atoms with van der Waals surface area (Å²) in [5, 5.41) is 9.62. The highest BCUT2D eigenvalue weighted by Gasteiger charge is 2.09. The third-order valence-electron chi connectivity index (χ3n) is 3.21. The van der Waals surface area contributed by atoms with Crippen LogP contribution in [0.4, 0.5) is 10.1 Å². The van der Waals surface area contributed by atoms with Crippen LogP contribution in [0, 0.1) is 5.82 Å². The molecule has 0 aromatic heterocycles. The zero-order chi connectivity index (χ0) is 14.7. The van der Waals surface area contributed by atoms with E-state index in [2.05, 4.69) is 20.8 Å². The first kappa shape index (κ1) is 15.0. The van der Waals surface area contributed by atoms with Gasteiger partial charge in [-0.05, 0) is 42.3 Å². The third-order valence-corrected chi connectivity index (χ3v) is 3.89. The minimum Gasteiger partial charge on any atom is -0.389 e. The molecule has 2 aromatic carbocycles. The van der Waals surface area contributed by atoms with E-state index in [-0.39, 0.29) is 5.82 Å². The largest absolute Gasteiger partial charge is 0.389 e. The van der Waals surface area contributed by atoms with E-state index >= 15 is 0 Å². The van der Waals surface area contributed by atoms with Crippen molar-refractivity contribution in [3.05, 3.63) is 63.9 Å². The molecule has 1 atom stereocenters. The Balaban J connectivity index is 2.15. The number of halogens is 2. The molecule has 0 aliphatic heterocycles. The highest BCUT2D eigenvalue weighted by atomic mass is 79.9. The van der Waals surface area contributed by atoms with Crippen molar-refractivity contribution in [2.45, 2.75) is 19.6 Å². The van der Waals surface area contributed by atoms with Gasteiger partial charge in [-0.2, -0.15) is 0 Å². The fraction of sp³-hybridized carbons (Fsp3) is 0.250. The van der Waals surface area contributed by atoms with Crippen LogP contribution in [0.15, 0.2) is 46.9 Å². The van der Waals surface area contributed by atoms with E-state index in [0.717, 1.165) is 21.3 Å². The Bertz CT molecular complexity index is 584. The van der Waals surface area contributed by atoms with Crippen LogP contribution in [0.5, 0.6) is 0 Å². The number of aliphatic hydroxyl groups is 1. The van der Waals surface area contributed by atoms with Gasteiger partial charge in [0.05, 0.1) is 6.10 Å². The first-order chi connectivity index (χ1) is 9.47. The maximum Gasteiger partial charge on any atom is 0.123 e. The number of rotatable bonds is 4. The van der Waals surface area contributed by atoms with Crippen molar-refractivity contribution in [3.63, 3.8) is 0 Å². The van der Waals surface area contributed by atoms with E-state index in [1.165, 1.54) is 12.1 Å². The molecule has 0 spiro atoms. The molecule has 0 aliphatic carbocycles. The monoisotopic (exact) mass is 337 g/mol. The van der Waals surface area contributed by atoms with Crippen LogP contribution in [0.1, 0.15) is 24.2 Å². The molecule has 0 fully saturated rings. The van der Waals surface area contributed by atoms with Crippen LogP contribution < -0.4 is 4.90 Å². The van der Waals surface area contributed by atoms with E-state index in [1.807, 2.05) is 25.2 Å². The summed E-state index contributed by atoms with van der Waals surface area (Å²) in [6.45, 7) is 2.43. The number of benzene rings is 2. The van der Waals surface area contributed by atoms with E-state index in [9.17, 15) is 9.50 Å². The van der Waals surface area contributed by atoms with Crippen LogP contribution in [-0.2, 0) is 6.54 Å². The molecule has 4 heteroatoms. The third kappa shape index (κ3) is 3.58. The molecule has 0 saturated carbocycles. The van der Waals surface area contributed by atoms with Gasteiger partial charge in [0.1, 0.15) is 5.82 Å². The molecule has 1 N–H and O–H groups in total. The number of aliphatic hydroxyl groups excluding tert-OH is 1. The van der Waals surface area contributed by atoms with Crippen molar-refractivity contribution in [1.82, 2.24) is 0 Å². The van der Waals surface area contributed by atoms with Gasteiger partial charge >= 0.3 is 0 Å². The lowest BCUT2D eigenvalue weighted by Gasteiger charge is -2.21. The predicted molar refractivity (Wildman–Crippen MR) is 83.3 cm³/mol. The van der Waals surface area contributed by atoms with Crippen LogP contribution in [0.2, 0.25) is 0 Å². The number of hydrogen-bond acceptors (Lipinski definition) is 2. The maximum atomic E-state index is 12.9. The van der Waals surface area contributed by atoms with Gasteiger partial charge in [-0.3, -0.25) is 0 Å². The summed E-state index contributed by atoms with van der Waals surface area (Å²) in [5.74, 6) is -0.222. The second kappa shape index (κ2) is 6.37. The molecule has 0 unspecified atom stereocenters. The fourth-order valence-corrected chi connectivity index (χ4v) is 2.75. The molecule has 0 bridgehead atoms. The lowest BCUT2D eigenvalue weighted by Crippen LogP contribution is -2.16. The normalized spacial score (nSPS) is 12.2. The Kier molecular flexibility index (Phi) is 4.78. The molecule has 0 heterocycles. The molecule has 2 aromatic rings. The predicted octanol–water partition coefficient (Wildman–Crippen LogP) is 4.28. The van der Waals surface area contributed by atoms with Gasteiger partial charge in [0.25, 0.3) is 0 Å². The quantitative estimate of drug-likeness (QED) is 0.900. The highest BCUT2D eigenvalue weighted by molar-refractivity contribution is 9.10. The molecule has 2 nitrogen and oxygen atoms in total. The van der Waals surface area contributed by atoms with E-state index in [4.69, 9.17) is 0 Å². The summed E-state index contributed by atoms with van der Waals surface area (Å²) >= 11 is 3.47. The van der Waals surface area contributed by atoms with Crippen molar-refractivity contribution in [2.24, 2.45) is 0 Å². The van der Waals surface area contributed by atoms with Crippen molar-refractivity contribution in [3.8, 4) is 0 Å². The van der Waals surface area contributed by atoms with Crippen LogP contribution in [0.25, 0.3) is 0 Å². The minimum absolute atomic E-state index is 0.222. The summed E-state index contributed by atoms with van der Waals surface area (Å²) in [4.78, 5) is 2.07. The Morgan fingerprint density at radius 3 is 2.40 bits per heavy atom. The van der Waals surface area contributed by atoms with E-state index in [1.54, 1.807) is 19.1 Å². The average molecular weight is 338 g/mol. The van der Waals surface area contributed by atoms with Gasteiger partial charge < -0.3 is 10.0 Å². The first-order valence-corrected chi connectivity index (χ1v) is 7.20. The van der Waals surface area contributed by atoms with E-state index < -0.39 is 6.10 Å². The zero-order valence-corrected chi connectivity index (χ0v) is 13.1. The average Bonchev–Trinajstić information content (AvgIpc) is 2.40. The van der Waals surface area contributed by atoms with E-state index in [0.29, 0.717) is 6.54 Å². The van der Waals surface area contributed by atoms with Gasteiger partial charge in [-0.25, -0.2) is 4.39 Å². The standard InChI is InChI=1S/C16H17BrFNO/c1-11(20)15-8-7-14(9-16(15)17)19(2)10-12-3-5-13(18)6-4-12/h3-9,11,20H,10H2,1-2H3/t11-/m1/s1. The minimum atomic E-state index is -0.499. The highest BCUT2D eigenvalue weighted by Crippen LogP contribution is 2.28. The summed E-state index contributed by atoms with van der Waals surface area (Å²) in [6.07, 6.45) is -0.499. The molecule has 0 saturated heterocycles. The zero-order valence-electron chi connectivity index (χ0n) is 11.5. The van der Waals surface area contributed by atoms with Gasteiger partial charge in [0.2, 0.25) is 0 Å². The molecular weight excluding hydrogens is 321 g/mol. The van der Waals surface area contributed by atoms with Gasteiger partial charge in [-0.15, -0.1) is 0 Å². The Morgan fingerprint density at radius 2 is 1.85 bits per heavy atom. The van der Waals surface area contributed by atoms with Gasteiger partial charge in [0, 0.05) is 23.8 Å². The summed E-state index contributed by atoms with van der Waals surface area (Å²) in [6, 6.07) is 12.4. The maximum absolute atomic E-state index is 12.9. The van der Waals surface area contributed by atoms with Crippen molar-refractivity contribution < 1.29 is 9.50 Å². The second-order valence-corrected chi connectivity index (χ2v) is 5.72. The van der Waals surface area contributed by atoms with Gasteiger partial charge in [0.15, 0.2) is 0 Å². The smallest absolute Gasteiger partial charge is 0.123 e.